The van der Waals surface area contributed by atoms with Crippen LogP contribution in [0.4, 0.5) is 5.69 Å². The molecule has 0 saturated heterocycles. The van der Waals surface area contributed by atoms with Gasteiger partial charge >= 0.3 is 0 Å². The summed E-state index contributed by atoms with van der Waals surface area (Å²) in [5.41, 5.74) is 7.60. The molecule has 2 heteroatoms. The third-order valence-electron chi connectivity index (χ3n) is 10.4. The average Bonchev–Trinajstić information content (AvgIpc) is 3.24. The predicted molar refractivity (Wildman–Crippen MR) is 201 cm³/mol. The lowest BCUT2D eigenvalue weighted by Crippen LogP contribution is -2.28. The first kappa shape index (κ1) is 27.9. The number of fused-ring (bicyclic) bond motifs is 6. The van der Waals surface area contributed by atoms with E-state index in [4.69, 9.17) is 0 Å². The molecule has 0 radical (unpaired) electrons. The standard InChI is InChI=1S/C45H38N2/c1-2-4-13-36(12-3-1)46(39-30-25-35-20-19-34-11-5-6-14-40(34)43(35)31-39)37-26-21-32(22-27-37)33-23-28-38(29-24-33)47-44-17-9-7-15-41(44)42-16-8-10-18-45(42)47/h1-4,7-12,14-21,23,25-33H,5-6,13,22,24H2. The highest BCUT2D eigenvalue weighted by molar-refractivity contribution is 6.10. The Morgan fingerprint density at radius 1 is 0.638 bits per heavy atom. The van der Waals surface area contributed by atoms with E-state index in [-0.39, 0.29) is 0 Å². The van der Waals surface area contributed by atoms with Crippen LogP contribution >= 0.6 is 0 Å². The predicted octanol–water partition coefficient (Wildman–Crippen LogP) is 10.1. The fraction of sp³-hybridized carbons (Fsp3) is 0.156. The van der Waals surface area contributed by atoms with Crippen molar-refractivity contribution >= 4 is 56.1 Å². The van der Waals surface area contributed by atoms with Crippen molar-refractivity contribution in [3.63, 3.8) is 0 Å². The van der Waals surface area contributed by atoms with Gasteiger partial charge < -0.3 is 9.47 Å². The highest BCUT2D eigenvalue weighted by Gasteiger charge is 2.24. The average molecular weight is 607 g/mol. The molecule has 0 N–H and O–H groups in total. The topological polar surface area (TPSA) is 8.17 Å². The van der Waals surface area contributed by atoms with E-state index in [1.54, 1.807) is 0 Å². The molecule has 0 amide bonds. The van der Waals surface area contributed by atoms with Crippen molar-refractivity contribution in [1.29, 1.82) is 0 Å². The lowest BCUT2D eigenvalue weighted by Gasteiger charge is -2.32. The molecule has 0 saturated carbocycles. The number of benzene rings is 4. The Morgan fingerprint density at radius 2 is 1.38 bits per heavy atom. The van der Waals surface area contributed by atoms with E-state index in [9.17, 15) is 0 Å². The lowest BCUT2D eigenvalue weighted by atomic mass is 9.82. The molecule has 2 nitrogen and oxygen atoms in total. The second-order valence-corrected chi connectivity index (χ2v) is 13.1. The summed E-state index contributed by atoms with van der Waals surface area (Å²) in [6.07, 6.45) is 35.6. The summed E-state index contributed by atoms with van der Waals surface area (Å²) in [6.45, 7) is 0. The van der Waals surface area contributed by atoms with Crippen LogP contribution in [-0.2, 0) is 0 Å². The van der Waals surface area contributed by atoms with Gasteiger partial charge in [-0.2, -0.15) is 0 Å². The molecule has 5 aromatic rings. The highest BCUT2D eigenvalue weighted by Crippen LogP contribution is 2.38. The molecular weight excluding hydrogens is 569 g/mol. The molecule has 0 spiro atoms. The second kappa shape index (κ2) is 11.8. The number of hydrogen-bond donors (Lipinski definition) is 0. The van der Waals surface area contributed by atoms with E-state index >= 15 is 0 Å². The van der Waals surface area contributed by atoms with Gasteiger partial charge in [0.2, 0.25) is 0 Å². The number of allylic oxidation sites excluding steroid dienone is 12. The summed E-state index contributed by atoms with van der Waals surface area (Å²) in [6, 6.07) is 29.1. The van der Waals surface area contributed by atoms with Crippen molar-refractivity contribution in [2.24, 2.45) is 11.8 Å². The van der Waals surface area contributed by atoms with Gasteiger partial charge in [-0.05, 0) is 101 Å². The zero-order chi connectivity index (χ0) is 31.2. The maximum absolute atomic E-state index is 2.48. The van der Waals surface area contributed by atoms with Crippen molar-refractivity contribution < 1.29 is 0 Å². The van der Waals surface area contributed by atoms with Crippen LogP contribution in [0, 0.1) is 11.8 Å². The number of aromatic nitrogens is 1. The molecule has 4 aliphatic rings. The Balaban J connectivity index is 1.01. The Labute approximate surface area is 276 Å². The Hall–Kier alpha value is -5.34. The molecule has 9 rings (SSSR count). The molecule has 1 heterocycles. The molecule has 0 aliphatic heterocycles. The molecule has 228 valence electrons. The first-order chi connectivity index (χ1) is 23.3. The quantitative estimate of drug-likeness (QED) is 0.193. The lowest BCUT2D eigenvalue weighted by molar-refractivity contribution is 0.476. The maximum atomic E-state index is 2.48. The maximum Gasteiger partial charge on any atom is 0.0540 e. The fourth-order valence-corrected chi connectivity index (χ4v) is 7.99. The zero-order valence-electron chi connectivity index (χ0n) is 26.6. The number of rotatable bonds is 5. The van der Waals surface area contributed by atoms with Gasteiger partial charge in [0.25, 0.3) is 0 Å². The Bertz CT molecular complexity index is 2350. The van der Waals surface area contributed by atoms with E-state index in [1.807, 2.05) is 0 Å². The monoisotopic (exact) mass is 606 g/mol. The minimum absolute atomic E-state index is 0.476. The van der Waals surface area contributed by atoms with Crippen LogP contribution in [0.25, 0.3) is 50.4 Å². The number of hydrogen-bond acceptors (Lipinski definition) is 1. The van der Waals surface area contributed by atoms with Gasteiger partial charge in [-0.1, -0.05) is 115 Å². The third-order valence-corrected chi connectivity index (χ3v) is 10.4. The minimum atomic E-state index is 0.476. The van der Waals surface area contributed by atoms with E-state index in [1.165, 1.54) is 65.8 Å². The largest absolute Gasteiger partial charge is 0.314 e. The van der Waals surface area contributed by atoms with Crippen LogP contribution in [0.3, 0.4) is 0 Å². The smallest absolute Gasteiger partial charge is 0.0540 e. The van der Waals surface area contributed by atoms with Crippen LogP contribution in [0.15, 0.2) is 157 Å². The number of nitrogens with zero attached hydrogens (tertiary/aromatic N) is 2. The molecule has 2 unspecified atom stereocenters. The summed E-state index contributed by atoms with van der Waals surface area (Å²) in [5.74, 6) is 0.959. The molecule has 47 heavy (non-hydrogen) atoms. The van der Waals surface area contributed by atoms with Gasteiger partial charge in [0.1, 0.15) is 0 Å². The van der Waals surface area contributed by atoms with E-state index < -0.39 is 0 Å². The Kier molecular flexibility index (Phi) is 7.00. The van der Waals surface area contributed by atoms with Crippen LogP contribution in [0.2, 0.25) is 0 Å². The SMILES string of the molecule is C1=CC=C(N(C2=CCC(C3C=CC(n4c5ccccc5c5ccccc54)=CC3)C=C2)c2ccc3ccc4c(c3c2)=CCCC=4)CC=C1. The van der Waals surface area contributed by atoms with Gasteiger partial charge in [-0.15, -0.1) is 0 Å². The van der Waals surface area contributed by atoms with Crippen LogP contribution in [0.5, 0.6) is 0 Å². The van der Waals surface area contributed by atoms with E-state index in [0.29, 0.717) is 11.8 Å². The highest BCUT2D eigenvalue weighted by atomic mass is 15.2. The first-order valence-electron chi connectivity index (χ1n) is 17.1. The van der Waals surface area contributed by atoms with E-state index in [0.717, 1.165) is 32.1 Å². The molecular formula is C45H38N2. The van der Waals surface area contributed by atoms with Crippen LogP contribution in [0.1, 0.15) is 32.1 Å². The number of anilines is 1. The van der Waals surface area contributed by atoms with Crippen molar-refractivity contribution in [3.05, 3.63) is 168 Å². The molecule has 2 atom stereocenters. The summed E-state index contributed by atoms with van der Waals surface area (Å²) in [4.78, 5) is 2.48. The molecule has 4 aliphatic carbocycles. The molecule has 1 aromatic heterocycles. The summed E-state index contributed by atoms with van der Waals surface area (Å²) < 4.78 is 2.43. The van der Waals surface area contributed by atoms with Gasteiger partial charge in [-0.3, -0.25) is 0 Å². The molecule has 4 aromatic carbocycles. The van der Waals surface area contributed by atoms with Crippen molar-refractivity contribution in [3.8, 4) is 0 Å². The number of para-hydroxylation sites is 2. The summed E-state index contributed by atoms with van der Waals surface area (Å²) in [7, 11) is 0. The zero-order valence-corrected chi connectivity index (χ0v) is 26.6. The second-order valence-electron chi connectivity index (χ2n) is 13.1. The molecule has 0 fully saturated rings. The molecule has 0 bridgehead atoms. The fourth-order valence-electron chi connectivity index (χ4n) is 7.99. The summed E-state index contributed by atoms with van der Waals surface area (Å²) in [5, 5.41) is 8.03. The Morgan fingerprint density at radius 3 is 2.15 bits per heavy atom. The normalized spacial score (nSPS) is 20.3. The van der Waals surface area contributed by atoms with Gasteiger partial charge in [0.15, 0.2) is 0 Å². The van der Waals surface area contributed by atoms with Gasteiger partial charge in [0, 0.05) is 40.0 Å². The third kappa shape index (κ3) is 4.96. The van der Waals surface area contributed by atoms with Crippen molar-refractivity contribution in [2.45, 2.75) is 32.1 Å². The van der Waals surface area contributed by atoms with Crippen LogP contribution in [-0.4, -0.2) is 4.57 Å². The van der Waals surface area contributed by atoms with Gasteiger partial charge in [0.05, 0.1) is 11.0 Å². The van der Waals surface area contributed by atoms with Crippen molar-refractivity contribution in [1.82, 2.24) is 4.57 Å². The van der Waals surface area contributed by atoms with Gasteiger partial charge in [-0.25, -0.2) is 0 Å². The van der Waals surface area contributed by atoms with E-state index in [2.05, 4.69) is 167 Å². The van der Waals surface area contributed by atoms with Crippen LogP contribution < -0.4 is 15.3 Å². The minimum Gasteiger partial charge on any atom is -0.314 e. The van der Waals surface area contributed by atoms with Crippen molar-refractivity contribution in [2.75, 3.05) is 4.90 Å². The summed E-state index contributed by atoms with van der Waals surface area (Å²) >= 11 is 0. The first-order valence-corrected chi connectivity index (χ1v) is 17.1.